The van der Waals surface area contributed by atoms with E-state index >= 15 is 0 Å². The van der Waals surface area contributed by atoms with E-state index in [0.717, 1.165) is 29.7 Å². The summed E-state index contributed by atoms with van der Waals surface area (Å²) >= 11 is 0. The van der Waals surface area contributed by atoms with E-state index in [1.165, 1.54) is 77.2 Å². The van der Waals surface area contributed by atoms with Gasteiger partial charge in [-0.1, -0.05) is 58.3 Å². The van der Waals surface area contributed by atoms with Gasteiger partial charge in [0.15, 0.2) is 0 Å². The molecule has 0 aromatic heterocycles. The van der Waals surface area contributed by atoms with E-state index in [0.29, 0.717) is 0 Å². The summed E-state index contributed by atoms with van der Waals surface area (Å²) in [5, 5.41) is 3.84. The van der Waals surface area contributed by atoms with E-state index < -0.39 is 0 Å². The van der Waals surface area contributed by atoms with Crippen LogP contribution in [0.1, 0.15) is 90.4 Å². The summed E-state index contributed by atoms with van der Waals surface area (Å²) in [6.45, 7) is 3.71. The van der Waals surface area contributed by atoms with Gasteiger partial charge in [0.2, 0.25) is 0 Å². The summed E-state index contributed by atoms with van der Waals surface area (Å²) in [6, 6.07) is 0.897. The lowest BCUT2D eigenvalue weighted by atomic mass is 9.68. The first-order valence-electron chi connectivity index (χ1n) is 10.1. The van der Waals surface area contributed by atoms with Crippen molar-refractivity contribution in [2.24, 2.45) is 23.7 Å². The Hall–Kier alpha value is -0.0400. The predicted octanol–water partition coefficient (Wildman–Crippen LogP) is 5.54. The van der Waals surface area contributed by atoms with E-state index in [-0.39, 0.29) is 0 Å². The SMILES string of the molecule is CCCC1CCC(CNC2CC2)C(CC2CCCCC2)C1. The molecule has 0 aliphatic heterocycles. The molecular weight excluding hydrogens is 254 g/mol. The van der Waals surface area contributed by atoms with Crippen molar-refractivity contribution >= 4 is 0 Å². The quantitative estimate of drug-likeness (QED) is 0.649. The molecule has 3 unspecified atom stereocenters. The molecule has 3 fully saturated rings. The van der Waals surface area contributed by atoms with Crippen LogP contribution in [-0.2, 0) is 0 Å². The maximum absolute atomic E-state index is 3.84. The molecule has 21 heavy (non-hydrogen) atoms. The number of hydrogen-bond acceptors (Lipinski definition) is 1. The van der Waals surface area contributed by atoms with E-state index in [4.69, 9.17) is 0 Å². The summed E-state index contributed by atoms with van der Waals surface area (Å²) in [7, 11) is 0. The minimum atomic E-state index is 0.897. The highest BCUT2D eigenvalue weighted by Gasteiger charge is 2.33. The van der Waals surface area contributed by atoms with Gasteiger partial charge in [0.05, 0.1) is 0 Å². The first kappa shape index (κ1) is 15.8. The van der Waals surface area contributed by atoms with Crippen molar-refractivity contribution in [1.29, 1.82) is 0 Å². The van der Waals surface area contributed by atoms with Gasteiger partial charge in [0, 0.05) is 6.04 Å². The average molecular weight is 292 g/mol. The summed E-state index contributed by atoms with van der Waals surface area (Å²) in [6.07, 6.45) is 19.5. The lowest BCUT2D eigenvalue weighted by molar-refractivity contribution is 0.131. The normalized spacial score (nSPS) is 35.0. The monoisotopic (exact) mass is 291 g/mol. The molecule has 0 aromatic carbocycles. The highest BCUT2D eigenvalue weighted by atomic mass is 14.9. The molecule has 1 heteroatoms. The van der Waals surface area contributed by atoms with Crippen molar-refractivity contribution in [2.45, 2.75) is 96.4 Å². The Morgan fingerprint density at radius 2 is 1.62 bits per heavy atom. The van der Waals surface area contributed by atoms with Gasteiger partial charge in [-0.2, -0.15) is 0 Å². The summed E-state index contributed by atoms with van der Waals surface area (Å²) < 4.78 is 0. The second kappa shape index (κ2) is 7.99. The summed E-state index contributed by atoms with van der Waals surface area (Å²) in [4.78, 5) is 0. The third-order valence-electron chi connectivity index (χ3n) is 6.55. The van der Waals surface area contributed by atoms with Crippen molar-refractivity contribution in [3.05, 3.63) is 0 Å². The first-order valence-corrected chi connectivity index (χ1v) is 10.1. The molecule has 3 rings (SSSR count). The Bertz CT molecular complexity index is 290. The minimum absolute atomic E-state index is 0.897. The molecule has 3 saturated carbocycles. The second-order valence-electron chi connectivity index (χ2n) is 8.41. The lowest BCUT2D eigenvalue weighted by Gasteiger charge is -2.39. The van der Waals surface area contributed by atoms with Crippen LogP contribution < -0.4 is 5.32 Å². The molecule has 122 valence electrons. The van der Waals surface area contributed by atoms with Gasteiger partial charge in [-0.25, -0.2) is 0 Å². The molecule has 0 spiro atoms. The van der Waals surface area contributed by atoms with E-state index in [2.05, 4.69) is 12.2 Å². The highest BCUT2D eigenvalue weighted by Crippen LogP contribution is 2.41. The van der Waals surface area contributed by atoms with Gasteiger partial charge in [-0.3, -0.25) is 0 Å². The van der Waals surface area contributed by atoms with Gasteiger partial charge < -0.3 is 5.32 Å². The van der Waals surface area contributed by atoms with E-state index in [1.54, 1.807) is 12.8 Å². The molecule has 1 N–H and O–H groups in total. The fourth-order valence-electron chi connectivity index (χ4n) is 5.11. The summed E-state index contributed by atoms with van der Waals surface area (Å²) in [5.74, 6) is 4.18. The van der Waals surface area contributed by atoms with Crippen LogP contribution in [0.3, 0.4) is 0 Å². The van der Waals surface area contributed by atoms with Gasteiger partial charge in [-0.15, -0.1) is 0 Å². The van der Waals surface area contributed by atoms with Crippen LogP contribution >= 0.6 is 0 Å². The van der Waals surface area contributed by atoms with Gasteiger partial charge in [0.1, 0.15) is 0 Å². The zero-order chi connectivity index (χ0) is 14.5. The lowest BCUT2D eigenvalue weighted by Crippen LogP contribution is -2.35. The van der Waals surface area contributed by atoms with Crippen molar-refractivity contribution in [3.8, 4) is 0 Å². The highest BCUT2D eigenvalue weighted by molar-refractivity contribution is 4.87. The van der Waals surface area contributed by atoms with Crippen molar-refractivity contribution in [1.82, 2.24) is 5.32 Å². The van der Waals surface area contributed by atoms with Gasteiger partial charge in [0.25, 0.3) is 0 Å². The molecule has 1 nitrogen and oxygen atoms in total. The maximum Gasteiger partial charge on any atom is 0.00683 e. The van der Waals surface area contributed by atoms with Crippen LogP contribution in [0.25, 0.3) is 0 Å². The molecule has 3 atom stereocenters. The first-order chi connectivity index (χ1) is 10.3. The predicted molar refractivity (Wildman–Crippen MR) is 91.4 cm³/mol. The Kier molecular flexibility index (Phi) is 6.03. The molecule has 0 bridgehead atoms. The Balaban J connectivity index is 1.51. The maximum atomic E-state index is 3.84. The van der Waals surface area contributed by atoms with Crippen LogP contribution in [0, 0.1) is 23.7 Å². The molecular formula is C20H37N. The zero-order valence-corrected chi connectivity index (χ0v) is 14.3. The molecule has 0 heterocycles. The third-order valence-corrected chi connectivity index (χ3v) is 6.55. The molecule has 3 aliphatic carbocycles. The van der Waals surface area contributed by atoms with Gasteiger partial charge >= 0.3 is 0 Å². The fourth-order valence-corrected chi connectivity index (χ4v) is 5.11. The van der Waals surface area contributed by atoms with Crippen molar-refractivity contribution in [3.63, 3.8) is 0 Å². The minimum Gasteiger partial charge on any atom is -0.314 e. The van der Waals surface area contributed by atoms with Gasteiger partial charge in [-0.05, 0) is 62.3 Å². The number of hydrogen-bond donors (Lipinski definition) is 1. The molecule has 0 aromatic rings. The fraction of sp³-hybridized carbons (Fsp3) is 1.00. The zero-order valence-electron chi connectivity index (χ0n) is 14.3. The van der Waals surface area contributed by atoms with E-state index in [1.807, 2.05) is 0 Å². The Labute approximate surface area is 132 Å². The summed E-state index contributed by atoms with van der Waals surface area (Å²) in [5.41, 5.74) is 0. The second-order valence-corrected chi connectivity index (χ2v) is 8.41. The standard InChI is InChI=1S/C20H37N/c1-2-6-16-9-10-18(15-21-20-11-12-20)19(13-16)14-17-7-4-3-5-8-17/h16-21H,2-15H2,1H3. The van der Waals surface area contributed by atoms with E-state index in [9.17, 15) is 0 Å². The Morgan fingerprint density at radius 3 is 2.33 bits per heavy atom. The van der Waals surface area contributed by atoms with Crippen LogP contribution in [0.5, 0.6) is 0 Å². The van der Waals surface area contributed by atoms with Crippen LogP contribution in [0.2, 0.25) is 0 Å². The molecule has 0 saturated heterocycles. The molecule has 0 amide bonds. The van der Waals surface area contributed by atoms with Crippen LogP contribution in [0.15, 0.2) is 0 Å². The van der Waals surface area contributed by atoms with Crippen molar-refractivity contribution < 1.29 is 0 Å². The van der Waals surface area contributed by atoms with Crippen LogP contribution in [-0.4, -0.2) is 12.6 Å². The number of nitrogens with one attached hydrogen (secondary N) is 1. The number of rotatable bonds is 7. The topological polar surface area (TPSA) is 12.0 Å². The average Bonchev–Trinajstić information content (AvgIpc) is 3.32. The molecule has 0 radical (unpaired) electrons. The largest absolute Gasteiger partial charge is 0.314 e. The van der Waals surface area contributed by atoms with Crippen molar-refractivity contribution in [2.75, 3.05) is 6.54 Å². The Morgan fingerprint density at radius 1 is 0.810 bits per heavy atom. The molecule has 3 aliphatic rings. The van der Waals surface area contributed by atoms with Crippen LogP contribution in [0.4, 0.5) is 0 Å². The third kappa shape index (κ3) is 4.98. The smallest absolute Gasteiger partial charge is 0.00683 e.